The van der Waals surface area contributed by atoms with Crippen molar-refractivity contribution in [3.05, 3.63) is 65.7 Å². The number of rotatable bonds is 6. The van der Waals surface area contributed by atoms with Crippen molar-refractivity contribution in [3.63, 3.8) is 0 Å². The van der Waals surface area contributed by atoms with E-state index in [0.29, 0.717) is 12.3 Å². The molecule has 108 valence electrons. The summed E-state index contributed by atoms with van der Waals surface area (Å²) in [6.07, 6.45) is 0. The van der Waals surface area contributed by atoms with E-state index in [4.69, 9.17) is 10.5 Å². The Hall–Kier alpha value is -2.82. The summed E-state index contributed by atoms with van der Waals surface area (Å²) in [4.78, 5) is 22.9. The molecule has 0 spiro atoms. The van der Waals surface area contributed by atoms with E-state index in [1.165, 1.54) is 0 Å². The predicted molar refractivity (Wildman–Crippen MR) is 78.7 cm³/mol. The third kappa shape index (κ3) is 4.35. The largest absolute Gasteiger partial charge is 0.483 e. The first kappa shape index (κ1) is 14.6. The third-order valence-electron chi connectivity index (χ3n) is 2.84. The minimum absolute atomic E-state index is 0.170. The topological polar surface area (TPSA) is 81.4 Å². The molecule has 0 aliphatic rings. The van der Waals surface area contributed by atoms with Crippen molar-refractivity contribution in [3.8, 4) is 5.75 Å². The highest BCUT2D eigenvalue weighted by atomic mass is 16.5. The summed E-state index contributed by atoms with van der Waals surface area (Å²) in [5.74, 6) is -0.548. The summed E-state index contributed by atoms with van der Waals surface area (Å²) in [6, 6.07) is 16.1. The standard InChI is InChI=1S/C16H16N2O3/c17-16(20)13-8-4-5-9-14(13)21-11-15(19)18-10-12-6-2-1-3-7-12/h1-9H,10-11H2,(H2,17,20)(H,18,19). The average Bonchev–Trinajstić information content (AvgIpc) is 2.52. The Balaban J connectivity index is 1.86. The molecule has 0 radical (unpaired) electrons. The Morgan fingerprint density at radius 2 is 1.67 bits per heavy atom. The number of hydrogen-bond donors (Lipinski definition) is 2. The molecule has 0 atom stereocenters. The molecule has 0 saturated heterocycles. The van der Waals surface area contributed by atoms with Gasteiger partial charge in [-0.05, 0) is 17.7 Å². The van der Waals surface area contributed by atoms with Gasteiger partial charge in [0.25, 0.3) is 11.8 Å². The molecule has 0 heterocycles. The highest BCUT2D eigenvalue weighted by Gasteiger charge is 2.10. The number of amides is 2. The molecule has 2 aromatic rings. The highest BCUT2D eigenvalue weighted by molar-refractivity contribution is 5.95. The van der Waals surface area contributed by atoms with Gasteiger partial charge in [-0.25, -0.2) is 0 Å². The molecule has 0 aliphatic carbocycles. The zero-order valence-electron chi connectivity index (χ0n) is 11.4. The van der Waals surface area contributed by atoms with Gasteiger partial charge in [-0.3, -0.25) is 9.59 Å². The van der Waals surface area contributed by atoms with Crippen molar-refractivity contribution >= 4 is 11.8 Å². The first-order chi connectivity index (χ1) is 10.2. The fraction of sp³-hybridized carbons (Fsp3) is 0.125. The van der Waals surface area contributed by atoms with Crippen LogP contribution in [-0.4, -0.2) is 18.4 Å². The van der Waals surface area contributed by atoms with Crippen molar-refractivity contribution in [2.24, 2.45) is 5.73 Å². The fourth-order valence-electron chi connectivity index (χ4n) is 1.79. The van der Waals surface area contributed by atoms with E-state index in [9.17, 15) is 9.59 Å². The van der Waals surface area contributed by atoms with Crippen LogP contribution >= 0.6 is 0 Å². The molecule has 0 unspecified atom stereocenters. The molecule has 2 amide bonds. The molecule has 5 nitrogen and oxygen atoms in total. The van der Waals surface area contributed by atoms with Crippen LogP contribution in [0, 0.1) is 0 Å². The summed E-state index contributed by atoms with van der Waals surface area (Å²) in [5, 5.41) is 2.74. The van der Waals surface area contributed by atoms with Gasteiger partial charge in [0.05, 0.1) is 5.56 Å². The number of benzene rings is 2. The number of carbonyl (C=O) groups excluding carboxylic acids is 2. The van der Waals surface area contributed by atoms with E-state index in [-0.39, 0.29) is 18.1 Å². The Kier molecular flexibility index (Phi) is 4.93. The molecular formula is C16H16N2O3. The van der Waals surface area contributed by atoms with Gasteiger partial charge in [0.15, 0.2) is 6.61 Å². The SMILES string of the molecule is NC(=O)c1ccccc1OCC(=O)NCc1ccccc1. The lowest BCUT2D eigenvalue weighted by atomic mass is 10.2. The first-order valence-corrected chi connectivity index (χ1v) is 6.49. The lowest BCUT2D eigenvalue weighted by Gasteiger charge is -2.09. The Morgan fingerprint density at radius 3 is 2.38 bits per heavy atom. The Morgan fingerprint density at radius 1 is 1.00 bits per heavy atom. The van der Waals surface area contributed by atoms with Crippen LogP contribution in [0.25, 0.3) is 0 Å². The van der Waals surface area contributed by atoms with Crippen LogP contribution in [0.15, 0.2) is 54.6 Å². The fourth-order valence-corrected chi connectivity index (χ4v) is 1.79. The molecule has 2 aromatic carbocycles. The Bertz CT molecular complexity index is 626. The van der Waals surface area contributed by atoms with Gasteiger partial charge in [0.1, 0.15) is 5.75 Å². The van der Waals surface area contributed by atoms with Crippen LogP contribution in [0.1, 0.15) is 15.9 Å². The summed E-state index contributed by atoms with van der Waals surface area (Å²) in [7, 11) is 0. The minimum Gasteiger partial charge on any atom is -0.483 e. The number of hydrogen-bond acceptors (Lipinski definition) is 3. The van der Waals surface area contributed by atoms with Gasteiger partial charge in [-0.15, -0.1) is 0 Å². The second-order valence-electron chi connectivity index (χ2n) is 4.41. The van der Waals surface area contributed by atoms with Crippen LogP contribution in [0.4, 0.5) is 0 Å². The van der Waals surface area contributed by atoms with E-state index in [2.05, 4.69) is 5.32 Å². The number of nitrogens with two attached hydrogens (primary N) is 1. The van der Waals surface area contributed by atoms with E-state index in [0.717, 1.165) is 5.56 Å². The summed E-state index contributed by atoms with van der Waals surface area (Å²) in [5.41, 5.74) is 6.50. The third-order valence-corrected chi connectivity index (χ3v) is 2.84. The van der Waals surface area contributed by atoms with Crippen LogP contribution < -0.4 is 15.8 Å². The predicted octanol–water partition coefficient (Wildman–Crippen LogP) is 1.48. The maximum Gasteiger partial charge on any atom is 0.258 e. The number of carbonyl (C=O) groups is 2. The number of primary amides is 1. The Labute approximate surface area is 122 Å². The van der Waals surface area contributed by atoms with Crippen molar-refractivity contribution in [2.75, 3.05) is 6.61 Å². The van der Waals surface area contributed by atoms with Gasteiger partial charge in [-0.2, -0.15) is 0 Å². The zero-order chi connectivity index (χ0) is 15.1. The molecule has 2 rings (SSSR count). The van der Waals surface area contributed by atoms with Gasteiger partial charge >= 0.3 is 0 Å². The van der Waals surface area contributed by atoms with Crippen LogP contribution in [0.2, 0.25) is 0 Å². The molecular weight excluding hydrogens is 268 g/mol. The second-order valence-corrected chi connectivity index (χ2v) is 4.41. The summed E-state index contributed by atoms with van der Waals surface area (Å²) < 4.78 is 5.34. The normalized spacial score (nSPS) is 9.90. The van der Waals surface area contributed by atoms with Gasteiger partial charge < -0.3 is 15.8 Å². The number of ether oxygens (including phenoxy) is 1. The maximum atomic E-state index is 11.7. The van der Waals surface area contributed by atoms with Crippen molar-refractivity contribution < 1.29 is 14.3 Å². The molecule has 21 heavy (non-hydrogen) atoms. The van der Waals surface area contributed by atoms with E-state index in [1.807, 2.05) is 30.3 Å². The quantitative estimate of drug-likeness (QED) is 0.843. The lowest BCUT2D eigenvalue weighted by molar-refractivity contribution is -0.123. The highest BCUT2D eigenvalue weighted by Crippen LogP contribution is 2.16. The van der Waals surface area contributed by atoms with Gasteiger partial charge in [0.2, 0.25) is 0 Å². The molecule has 0 fully saturated rings. The molecule has 0 bridgehead atoms. The minimum atomic E-state index is -0.588. The van der Waals surface area contributed by atoms with Crippen LogP contribution in [0.5, 0.6) is 5.75 Å². The van der Waals surface area contributed by atoms with Crippen molar-refractivity contribution in [2.45, 2.75) is 6.54 Å². The molecule has 0 aromatic heterocycles. The van der Waals surface area contributed by atoms with E-state index >= 15 is 0 Å². The molecule has 0 aliphatic heterocycles. The first-order valence-electron chi connectivity index (χ1n) is 6.49. The van der Waals surface area contributed by atoms with E-state index < -0.39 is 5.91 Å². The van der Waals surface area contributed by atoms with Crippen LogP contribution in [-0.2, 0) is 11.3 Å². The maximum absolute atomic E-state index is 11.7. The second kappa shape index (κ2) is 7.09. The molecule has 5 heteroatoms. The lowest BCUT2D eigenvalue weighted by Crippen LogP contribution is -2.28. The number of para-hydroxylation sites is 1. The molecule has 0 saturated carbocycles. The van der Waals surface area contributed by atoms with E-state index in [1.54, 1.807) is 24.3 Å². The molecule has 3 N–H and O–H groups in total. The van der Waals surface area contributed by atoms with Gasteiger partial charge in [-0.1, -0.05) is 42.5 Å². The van der Waals surface area contributed by atoms with Crippen molar-refractivity contribution in [1.82, 2.24) is 5.32 Å². The van der Waals surface area contributed by atoms with Crippen LogP contribution in [0.3, 0.4) is 0 Å². The smallest absolute Gasteiger partial charge is 0.258 e. The average molecular weight is 284 g/mol. The van der Waals surface area contributed by atoms with Gasteiger partial charge in [0, 0.05) is 6.54 Å². The van der Waals surface area contributed by atoms with Crippen molar-refractivity contribution in [1.29, 1.82) is 0 Å². The zero-order valence-corrected chi connectivity index (χ0v) is 11.4. The summed E-state index contributed by atoms with van der Waals surface area (Å²) in [6.45, 7) is 0.262. The number of nitrogens with one attached hydrogen (secondary N) is 1. The summed E-state index contributed by atoms with van der Waals surface area (Å²) >= 11 is 0. The monoisotopic (exact) mass is 284 g/mol.